The predicted octanol–water partition coefficient (Wildman–Crippen LogP) is 2.64. The summed E-state index contributed by atoms with van der Waals surface area (Å²) in [6.45, 7) is 3.94. The molecule has 19 heavy (non-hydrogen) atoms. The van der Waals surface area contributed by atoms with Gasteiger partial charge in [-0.25, -0.2) is 0 Å². The molecule has 1 aliphatic rings. The van der Waals surface area contributed by atoms with Gasteiger partial charge in [0.05, 0.1) is 12.0 Å². The van der Waals surface area contributed by atoms with Crippen LogP contribution >= 0.6 is 0 Å². The largest absolute Gasteiger partial charge is 0.462 e. The molecule has 4 atom stereocenters. The quantitative estimate of drug-likeness (QED) is 0.723. The van der Waals surface area contributed by atoms with Crippen LogP contribution in [0.1, 0.15) is 58.8 Å². The maximum absolute atomic E-state index is 12.0. The number of carbonyl (C=O) groups excluding carboxylic acids is 1. The van der Waals surface area contributed by atoms with Gasteiger partial charge >= 0.3 is 5.97 Å². The Morgan fingerprint density at radius 3 is 2.58 bits per heavy atom. The van der Waals surface area contributed by atoms with Crippen LogP contribution in [0.5, 0.6) is 0 Å². The highest BCUT2D eigenvalue weighted by molar-refractivity contribution is 5.72. The summed E-state index contributed by atoms with van der Waals surface area (Å²) in [4.78, 5) is 12.0. The van der Waals surface area contributed by atoms with Crippen molar-refractivity contribution >= 4 is 5.97 Å². The van der Waals surface area contributed by atoms with Crippen LogP contribution in [0.3, 0.4) is 0 Å². The van der Waals surface area contributed by atoms with Crippen molar-refractivity contribution in [3.05, 3.63) is 0 Å². The molecule has 1 saturated carbocycles. The molecule has 0 saturated heterocycles. The number of rotatable bonds is 7. The number of carbonyl (C=O) groups is 1. The second-order valence-corrected chi connectivity index (χ2v) is 5.89. The summed E-state index contributed by atoms with van der Waals surface area (Å²) in [5, 5.41) is 0. The normalized spacial score (nSPS) is 26.7. The fraction of sp³-hybridized carbons (Fsp3) is 0.933. The molecule has 0 amide bonds. The number of nitrogens with two attached hydrogens (primary N) is 1. The molecule has 1 rings (SSSR count). The Kier molecular flexibility index (Phi) is 7.39. The Balaban J connectivity index is 2.25. The number of ether oxygens (including phenoxy) is 2. The van der Waals surface area contributed by atoms with Gasteiger partial charge in [-0.2, -0.15) is 0 Å². The van der Waals surface area contributed by atoms with Gasteiger partial charge in [-0.3, -0.25) is 4.79 Å². The van der Waals surface area contributed by atoms with E-state index in [0.717, 1.165) is 44.9 Å². The molecule has 4 unspecified atom stereocenters. The second kappa shape index (κ2) is 8.54. The Morgan fingerprint density at radius 2 is 1.95 bits per heavy atom. The zero-order valence-electron chi connectivity index (χ0n) is 12.6. The molecule has 1 fully saturated rings. The van der Waals surface area contributed by atoms with E-state index in [4.69, 9.17) is 15.2 Å². The van der Waals surface area contributed by atoms with Crippen LogP contribution in [0.25, 0.3) is 0 Å². The van der Waals surface area contributed by atoms with E-state index in [1.54, 1.807) is 7.11 Å². The molecular formula is C15H29NO3. The molecule has 4 heteroatoms. The molecule has 0 aromatic heterocycles. The van der Waals surface area contributed by atoms with Crippen molar-refractivity contribution in [1.82, 2.24) is 0 Å². The first-order valence-corrected chi connectivity index (χ1v) is 7.51. The third-order valence-corrected chi connectivity index (χ3v) is 3.89. The zero-order chi connectivity index (χ0) is 14.3. The minimum absolute atomic E-state index is 0.0262. The van der Waals surface area contributed by atoms with E-state index in [1.165, 1.54) is 0 Å². The van der Waals surface area contributed by atoms with E-state index in [-0.39, 0.29) is 30.1 Å². The lowest BCUT2D eigenvalue weighted by Crippen LogP contribution is -2.31. The summed E-state index contributed by atoms with van der Waals surface area (Å²) in [5.41, 5.74) is 5.70. The zero-order valence-corrected chi connectivity index (χ0v) is 12.6. The van der Waals surface area contributed by atoms with Gasteiger partial charge in [0, 0.05) is 19.6 Å². The van der Waals surface area contributed by atoms with Gasteiger partial charge in [0.2, 0.25) is 0 Å². The lowest BCUT2D eigenvalue weighted by atomic mass is 9.94. The second-order valence-electron chi connectivity index (χ2n) is 5.89. The van der Waals surface area contributed by atoms with E-state index in [1.807, 2.05) is 13.8 Å². The molecular weight excluding hydrogens is 242 g/mol. The number of hydrogen-bond donors (Lipinski definition) is 1. The number of methoxy groups -OCH3 is 1. The highest BCUT2D eigenvalue weighted by Crippen LogP contribution is 2.24. The summed E-state index contributed by atoms with van der Waals surface area (Å²) in [6.07, 6.45) is 7.08. The highest BCUT2D eigenvalue weighted by Gasteiger charge is 2.26. The molecule has 1 aliphatic carbocycles. The molecule has 0 radical (unpaired) electrons. The van der Waals surface area contributed by atoms with E-state index >= 15 is 0 Å². The van der Waals surface area contributed by atoms with E-state index in [9.17, 15) is 4.79 Å². The maximum Gasteiger partial charge on any atom is 0.308 e. The van der Waals surface area contributed by atoms with Gasteiger partial charge in [0.25, 0.3) is 0 Å². The van der Waals surface area contributed by atoms with Crippen molar-refractivity contribution in [1.29, 1.82) is 0 Å². The molecule has 0 heterocycles. The van der Waals surface area contributed by atoms with E-state index in [2.05, 4.69) is 0 Å². The summed E-state index contributed by atoms with van der Waals surface area (Å²) >= 11 is 0. The van der Waals surface area contributed by atoms with Crippen molar-refractivity contribution < 1.29 is 14.3 Å². The third-order valence-electron chi connectivity index (χ3n) is 3.89. The highest BCUT2D eigenvalue weighted by atomic mass is 16.5. The van der Waals surface area contributed by atoms with Gasteiger partial charge < -0.3 is 15.2 Å². The maximum atomic E-state index is 12.0. The Labute approximate surface area is 117 Å². The average molecular weight is 271 g/mol. The molecule has 0 bridgehead atoms. The first-order chi connectivity index (χ1) is 9.02. The first-order valence-electron chi connectivity index (χ1n) is 7.51. The molecule has 2 N–H and O–H groups in total. The Morgan fingerprint density at radius 1 is 1.26 bits per heavy atom. The van der Waals surface area contributed by atoms with Crippen LogP contribution < -0.4 is 5.73 Å². The standard InChI is InChI=1S/C15H29NO3/c1-11(6-4-7-12(2)16)15(17)19-14-9-5-8-13(10-14)18-3/h11-14H,4-10,16H2,1-3H3. The minimum atomic E-state index is -0.0635. The van der Waals surface area contributed by atoms with Crippen molar-refractivity contribution in [2.24, 2.45) is 11.7 Å². The summed E-state index contributed by atoms with van der Waals surface area (Å²) in [6, 6.07) is 0.212. The van der Waals surface area contributed by atoms with Gasteiger partial charge in [-0.1, -0.05) is 13.3 Å². The van der Waals surface area contributed by atoms with Crippen LogP contribution in [-0.2, 0) is 14.3 Å². The third kappa shape index (κ3) is 6.39. The van der Waals surface area contributed by atoms with Gasteiger partial charge in [-0.05, 0) is 39.0 Å². The van der Waals surface area contributed by atoms with E-state index in [0.29, 0.717) is 0 Å². The monoisotopic (exact) mass is 271 g/mol. The van der Waals surface area contributed by atoms with E-state index < -0.39 is 0 Å². The van der Waals surface area contributed by atoms with Crippen LogP contribution in [-0.4, -0.2) is 31.3 Å². The lowest BCUT2D eigenvalue weighted by Gasteiger charge is -2.28. The Bertz CT molecular complexity index is 268. The smallest absolute Gasteiger partial charge is 0.308 e. The van der Waals surface area contributed by atoms with Crippen molar-refractivity contribution in [3.8, 4) is 0 Å². The summed E-state index contributed by atoms with van der Waals surface area (Å²) in [5.74, 6) is -0.0897. The minimum Gasteiger partial charge on any atom is -0.462 e. The molecule has 112 valence electrons. The SMILES string of the molecule is COC1CCCC(OC(=O)C(C)CCCC(C)N)C1. The van der Waals surface area contributed by atoms with Crippen molar-refractivity contribution in [3.63, 3.8) is 0 Å². The predicted molar refractivity (Wildman–Crippen MR) is 75.8 cm³/mol. The molecule has 4 nitrogen and oxygen atoms in total. The molecule has 0 aromatic carbocycles. The van der Waals surface area contributed by atoms with Gasteiger partial charge in [0.1, 0.15) is 6.10 Å². The topological polar surface area (TPSA) is 61.5 Å². The van der Waals surface area contributed by atoms with Gasteiger partial charge in [0.15, 0.2) is 0 Å². The fourth-order valence-electron chi connectivity index (χ4n) is 2.57. The van der Waals surface area contributed by atoms with Crippen LogP contribution in [0.15, 0.2) is 0 Å². The van der Waals surface area contributed by atoms with Crippen LogP contribution in [0.2, 0.25) is 0 Å². The first kappa shape index (κ1) is 16.4. The van der Waals surface area contributed by atoms with Crippen LogP contribution in [0, 0.1) is 5.92 Å². The summed E-state index contributed by atoms with van der Waals surface area (Å²) in [7, 11) is 1.73. The molecule has 0 aromatic rings. The lowest BCUT2D eigenvalue weighted by molar-refractivity contribution is -0.157. The summed E-state index contributed by atoms with van der Waals surface area (Å²) < 4.78 is 10.9. The Hall–Kier alpha value is -0.610. The van der Waals surface area contributed by atoms with Gasteiger partial charge in [-0.15, -0.1) is 0 Å². The average Bonchev–Trinajstić information content (AvgIpc) is 2.38. The van der Waals surface area contributed by atoms with Crippen molar-refractivity contribution in [2.75, 3.05) is 7.11 Å². The number of hydrogen-bond acceptors (Lipinski definition) is 4. The van der Waals surface area contributed by atoms with Crippen molar-refractivity contribution in [2.45, 2.75) is 77.0 Å². The fourth-order valence-corrected chi connectivity index (χ4v) is 2.57. The van der Waals surface area contributed by atoms with Crippen LogP contribution in [0.4, 0.5) is 0 Å². The molecule has 0 spiro atoms. The number of esters is 1. The molecule has 0 aliphatic heterocycles.